The zero-order chi connectivity index (χ0) is 10.8. The monoisotopic (exact) mass is 264 g/mol. The molecule has 2 rings (SSSR count). The zero-order valence-corrected chi connectivity index (χ0v) is 9.74. The van der Waals surface area contributed by atoms with Crippen LogP contribution in [-0.2, 0) is 0 Å². The molecule has 0 aliphatic rings. The van der Waals surface area contributed by atoms with Gasteiger partial charge < -0.3 is 4.42 Å². The summed E-state index contributed by atoms with van der Waals surface area (Å²) in [4.78, 5) is 11.4. The first-order chi connectivity index (χ1) is 7.16. The second-order valence-electron chi connectivity index (χ2n) is 3.30. The van der Waals surface area contributed by atoms with Crippen molar-refractivity contribution in [3.8, 4) is 11.3 Å². The van der Waals surface area contributed by atoms with Crippen LogP contribution in [0.2, 0.25) is 0 Å². The molecule has 0 unspecified atom stereocenters. The van der Waals surface area contributed by atoms with Crippen molar-refractivity contribution >= 4 is 15.9 Å². The summed E-state index contributed by atoms with van der Waals surface area (Å²) in [6.45, 7) is 1.73. The van der Waals surface area contributed by atoms with Gasteiger partial charge in [-0.2, -0.15) is 0 Å². The first-order valence-electron chi connectivity index (χ1n) is 4.52. The van der Waals surface area contributed by atoms with Crippen LogP contribution in [0.3, 0.4) is 0 Å². The Bertz CT molecular complexity index is 526. The van der Waals surface area contributed by atoms with Gasteiger partial charge >= 0.3 is 0 Å². The summed E-state index contributed by atoms with van der Waals surface area (Å²) in [5.41, 5.74) is 1.52. The van der Waals surface area contributed by atoms with E-state index in [0.717, 1.165) is 10.0 Å². The molecule has 3 heteroatoms. The summed E-state index contributed by atoms with van der Waals surface area (Å²) in [5, 5.41) is 0. The van der Waals surface area contributed by atoms with Gasteiger partial charge in [0.25, 0.3) is 0 Å². The lowest BCUT2D eigenvalue weighted by atomic mass is 10.1. The van der Waals surface area contributed by atoms with Crippen molar-refractivity contribution in [2.75, 3.05) is 0 Å². The van der Waals surface area contributed by atoms with Gasteiger partial charge in [0.2, 0.25) is 0 Å². The lowest BCUT2D eigenvalue weighted by Gasteiger charge is -2.00. The fourth-order valence-corrected chi connectivity index (χ4v) is 1.51. The van der Waals surface area contributed by atoms with Gasteiger partial charge in [-0.25, -0.2) is 0 Å². The first-order valence-corrected chi connectivity index (χ1v) is 5.31. The number of aryl methyl sites for hydroxylation is 1. The van der Waals surface area contributed by atoms with E-state index >= 15 is 0 Å². The summed E-state index contributed by atoms with van der Waals surface area (Å²) in [6.07, 6.45) is 1.49. The Kier molecular flexibility index (Phi) is 2.73. The molecule has 0 N–H and O–H groups in total. The highest BCUT2D eigenvalue weighted by atomic mass is 79.9. The molecule has 76 valence electrons. The van der Waals surface area contributed by atoms with Crippen LogP contribution in [0.1, 0.15) is 5.56 Å². The number of hydrogen-bond acceptors (Lipinski definition) is 2. The van der Waals surface area contributed by atoms with Crippen molar-refractivity contribution in [1.29, 1.82) is 0 Å². The average molecular weight is 265 g/mol. The van der Waals surface area contributed by atoms with Crippen LogP contribution >= 0.6 is 15.9 Å². The summed E-state index contributed by atoms with van der Waals surface area (Å²) >= 11 is 3.35. The van der Waals surface area contributed by atoms with Crippen LogP contribution in [0.5, 0.6) is 0 Å². The molecule has 0 bridgehead atoms. The summed E-state index contributed by atoms with van der Waals surface area (Å²) in [6, 6.07) is 9.14. The Hall–Kier alpha value is -1.35. The maximum absolute atomic E-state index is 11.4. The molecule has 0 spiro atoms. The fourth-order valence-electron chi connectivity index (χ4n) is 1.24. The van der Waals surface area contributed by atoms with Gasteiger partial charge in [0.1, 0.15) is 5.76 Å². The third-order valence-electron chi connectivity index (χ3n) is 2.14. The molecule has 0 radical (unpaired) electrons. The Balaban J connectivity index is 2.50. The van der Waals surface area contributed by atoms with Gasteiger partial charge in [-0.05, 0) is 19.1 Å². The van der Waals surface area contributed by atoms with Crippen molar-refractivity contribution in [2.45, 2.75) is 6.92 Å². The number of benzene rings is 1. The largest absolute Gasteiger partial charge is 0.464 e. The third-order valence-corrected chi connectivity index (χ3v) is 2.67. The topological polar surface area (TPSA) is 30.2 Å². The number of halogens is 1. The highest BCUT2D eigenvalue weighted by Gasteiger charge is 2.02. The van der Waals surface area contributed by atoms with E-state index in [1.807, 2.05) is 24.3 Å². The van der Waals surface area contributed by atoms with Crippen LogP contribution in [0.25, 0.3) is 11.3 Å². The fraction of sp³-hybridized carbons (Fsp3) is 0.0833. The molecule has 1 aromatic carbocycles. The second-order valence-corrected chi connectivity index (χ2v) is 4.21. The minimum absolute atomic E-state index is 0.000770. The van der Waals surface area contributed by atoms with Crippen LogP contribution in [0.4, 0.5) is 0 Å². The maximum Gasteiger partial charge on any atom is 0.188 e. The molecule has 0 fully saturated rings. The molecule has 2 nitrogen and oxygen atoms in total. The summed E-state index contributed by atoms with van der Waals surface area (Å²) < 4.78 is 6.35. The number of rotatable bonds is 1. The molecule has 0 amide bonds. The van der Waals surface area contributed by atoms with Crippen molar-refractivity contribution in [1.82, 2.24) is 0 Å². The van der Waals surface area contributed by atoms with Crippen LogP contribution < -0.4 is 5.43 Å². The minimum Gasteiger partial charge on any atom is -0.464 e. The Labute approximate surface area is 95.7 Å². The molecule has 0 aliphatic heterocycles. The molecule has 1 heterocycles. The van der Waals surface area contributed by atoms with Crippen molar-refractivity contribution in [2.24, 2.45) is 0 Å². The molecule has 0 aliphatic carbocycles. The van der Waals surface area contributed by atoms with Crippen molar-refractivity contribution in [3.63, 3.8) is 0 Å². The molecule has 0 saturated carbocycles. The van der Waals surface area contributed by atoms with E-state index in [1.54, 1.807) is 6.92 Å². The van der Waals surface area contributed by atoms with Gasteiger partial charge in [0, 0.05) is 21.7 Å². The minimum atomic E-state index is -0.000770. The van der Waals surface area contributed by atoms with Crippen LogP contribution in [0.15, 0.2) is 50.3 Å². The highest BCUT2D eigenvalue weighted by Crippen LogP contribution is 2.20. The maximum atomic E-state index is 11.4. The van der Waals surface area contributed by atoms with E-state index in [4.69, 9.17) is 4.42 Å². The Morgan fingerprint density at radius 2 is 1.87 bits per heavy atom. The molecule has 2 aromatic rings. The quantitative estimate of drug-likeness (QED) is 0.791. The molecular formula is C12H9BrO2. The molecular weight excluding hydrogens is 256 g/mol. The molecule has 15 heavy (non-hydrogen) atoms. The predicted molar refractivity (Wildman–Crippen MR) is 62.9 cm³/mol. The third kappa shape index (κ3) is 2.18. The van der Waals surface area contributed by atoms with Crippen molar-refractivity contribution in [3.05, 3.63) is 56.9 Å². The highest BCUT2D eigenvalue weighted by molar-refractivity contribution is 9.10. The van der Waals surface area contributed by atoms with Crippen LogP contribution in [-0.4, -0.2) is 0 Å². The van der Waals surface area contributed by atoms with E-state index in [-0.39, 0.29) is 5.43 Å². The lowest BCUT2D eigenvalue weighted by Crippen LogP contribution is -2.02. The van der Waals surface area contributed by atoms with Gasteiger partial charge in [0.05, 0.1) is 6.26 Å². The molecule has 0 saturated heterocycles. The van der Waals surface area contributed by atoms with Gasteiger partial charge in [-0.1, -0.05) is 28.1 Å². The Morgan fingerprint density at radius 1 is 1.20 bits per heavy atom. The van der Waals surface area contributed by atoms with E-state index in [1.165, 1.54) is 12.3 Å². The average Bonchev–Trinajstić information content (AvgIpc) is 2.23. The van der Waals surface area contributed by atoms with Gasteiger partial charge in [-0.3, -0.25) is 4.79 Å². The predicted octanol–water partition coefficient (Wildman–Crippen LogP) is 3.38. The normalized spacial score (nSPS) is 10.3. The summed E-state index contributed by atoms with van der Waals surface area (Å²) in [5.74, 6) is 0.595. The van der Waals surface area contributed by atoms with Crippen LogP contribution in [0, 0.1) is 6.92 Å². The zero-order valence-electron chi connectivity index (χ0n) is 8.16. The van der Waals surface area contributed by atoms with Gasteiger partial charge in [-0.15, -0.1) is 0 Å². The Morgan fingerprint density at radius 3 is 2.47 bits per heavy atom. The van der Waals surface area contributed by atoms with E-state index in [9.17, 15) is 4.79 Å². The SMILES string of the molecule is Cc1coc(-c2ccc(Br)cc2)cc1=O. The standard InChI is InChI=1S/C12H9BrO2/c1-8-7-15-12(6-11(8)14)9-2-4-10(13)5-3-9/h2-7H,1H3. The van der Waals surface area contributed by atoms with E-state index in [2.05, 4.69) is 15.9 Å². The second kappa shape index (κ2) is 4.03. The molecule has 0 atom stereocenters. The van der Waals surface area contributed by atoms with E-state index in [0.29, 0.717) is 11.3 Å². The smallest absolute Gasteiger partial charge is 0.188 e. The van der Waals surface area contributed by atoms with Gasteiger partial charge in [0.15, 0.2) is 5.43 Å². The lowest BCUT2D eigenvalue weighted by molar-refractivity contribution is 0.559. The summed E-state index contributed by atoms with van der Waals surface area (Å²) in [7, 11) is 0. The first kappa shape index (κ1) is 10.2. The molecule has 1 aromatic heterocycles. The van der Waals surface area contributed by atoms with E-state index < -0.39 is 0 Å². The number of hydrogen-bond donors (Lipinski definition) is 0. The van der Waals surface area contributed by atoms with Crippen molar-refractivity contribution < 1.29 is 4.42 Å².